The van der Waals surface area contributed by atoms with Crippen molar-refractivity contribution in [2.75, 3.05) is 19.8 Å². The van der Waals surface area contributed by atoms with E-state index in [1.165, 1.54) is 6.92 Å². The molecular formula is C24H38N2O4. The van der Waals surface area contributed by atoms with Crippen molar-refractivity contribution in [1.29, 1.82) is 0 Å². The molecule has 6 nitrogen and oxygen atoms in total. The smallest absolute Gasteiger partial charge is 0.302 e. The molecule has 0 radical (unpaired) electrons. The molecule has 0 amide bonds. The molecule has 0 aliphatic heterocycles. The van der Waals surface area contributed by atoms with Crippen molar-refractivity contribution in [2.45, 2.75) is 72.1 Å². The molecule has 30 heavy (non-hydrogen) atoms. The largest absolute Gasteiger partial charge is 0.466 e. The fourth-order valence-electron chi connectivity index (χ4n) is 7.75. The maximum atomic E-state index is 12.7. The zero-order chi connectivity index (χ0) is 21.5. The average molecular weight is 419 g/mol. The third-order valence-corrected chi connectivity index (χ3v) is 9.30. The lowest BCUT2D eigenvalue weighted by molar-refractivity contribution is -0.156. The molecule has 0 aromatic rings. The highest BCUT2D eigenvalue weighted by Crippen LogP contribution is 2.66. The van der Waals surface area contributed by atoms with Crippen LogP contribution in [-0.2, 0) is 19.2 Å². The molecule has 2 unspecified atom stereocenters. The molecule has 168 valence electrons. The van der Waals surface area contributed by atoms with E-state index in [4.69, 9.17) is 15.3 Å². The number of carbonyl (C=O) groups excluding carboxylic acids is 2. The van der Waals surface area contributed by atoms with Crippen molar-refractivity contribution < 1.29 is 19.2 Å². The standard InChI is InChI=1S/C24H38N2O4/c1-15(27)29-14-16-12-18-19-4-5-22(28)24(19,3)9-7-20(18)23(2)8-6-17(13-21(16)23)26-30-11-10-25/h16,18-21H,4-14,25H2,1-3H3/t16?,18-,19-,20+,21?,23+,24-/m0/s1. The van der Waals surface area contributed by atoms with Crippen molar-refractivity contribution in [3.05, 3.63) is 0 Å². The second-order valence-corrected chi connectivity index (χ2v) is 10.7. The summed E-state index contributed by atoms with van der Waals surface area (Å²) in [6.07, 6.45) is 7.99. The zero-order valence-corrected chi connectivity index (χ0v) is 18.8. The van der Waals surface area contributed by atoms with E-state index in [2.05, 4.69) is 19.0 Å². The van der Waals surface area contributed by atoms with Gasteiger partial charge in [-0.05, 0) is 80.0 Å². The highest BCUT2D eigenvalue weighted by molar-refractivity contribution is 5.87. The number of ether oxygens (including phenoxy) is 1. The van der Waals surface area contributed by atoms with Crippen LogP contribution < -0.4 is 5.73 Å². The van der Waals surface area contributed by atoms with Gasteiger partial charge in [-0.1, -0.05) is 19.0 Å². The van der Waals surface area contributed by atoms with Gasteiger partial charge in [0.2, 0.25) is 0 Å². The van der Waals surface area contributed by atoms with Gasteiger partial charge in [-0.25, -0.2) is 0 Å². The minimum atomic E-state index is -0.209. The van der Waals surface area contributed by atoms with E-state index < -0.39 is 0 Å². The summed E-state index contributed by atoms with van der Waals surface area (Å²) in [6.45, 7) is 7.57. The van der Waals surface area contributed by atoms with Crippen molar-refractivity contribution in [3.63, 3.8) is 0 Å². The number of oxime groups is 1. The van der Waals surface area contributed by atoms with Crippen LogP contribution in [0.2, 0.25) is 0 Å². The number of rotatable bonds is 5. The SMILES string of the molecule is CC(=O)OCC1C[C@@H]2[C@@H](CC[C@]3(C)C(=O)CC[C@@H]23)[C@@]2(C)CCC(=NOCCN)CC12. The Balaban J connectivity index is 1.61. The molecule has 6 heteroatoms. The Hall–Kier alpha value is -1.43. The molecule has 0 heterocycles. The summed E-state index contributed by atoms with van der Waals surface area (Å²) in [5, 5.41) is 4.39. The molecule has 0 aromatic heterocycles. The van der Waals surface area contributed by atoms with E-state index in [0.29, 0.717) is 55.1 Å². The number of nitrogens with two attached hydrogens (primary N) is 1. The van der Waals surface area contributed by atoms with Gasteiger partial charge in [0.05, 0.1) is 12.3 Å². The van der Waals surface area contributed by atoms with Crippen LogP contribution in [0.25, 0.3) is 0 Å². The highest BCUT2D eigenvalue weighted by Gasteiger charge is 2.62. The minimum absolute atomic E-state index is 0.131. The fourth-order valence-corrected chi connectivity index (χ4v) is 7.75. The lowest BCUT2D eigenvalue weighted by Crippen LogP contribution is -2.57. The van der Waals surface area contributed by atoms with Crippen LogP contribution >= 0.6 is 0 Å². The lowest BCUT2D eigenvalue weighted by atomic mass is 9.43. The topological polar surface area (TPSA) is 91.0 Å². The Kier molecular flexibility index (Phi) is 5.99. The quantitative estimate of drug-likeness (QED) is 0.417. The summed E-state index contributed by atoms with van der Waals surface area (Å²) in [5.74, 6) is 2.72. The number of hydrogen-bond acceptors (Lipinski definition) is 6. The van der Waals surface area contributed by atoms with Gasteiger partial charge in [-0.2, -0.15) is 0 Å². The molecule has 0 saturated heterocycles. The van der Waals surface area contributed by atoms with Gasteiger partial charge in [0.25, 0.3) is 0 Å². The number of esters is 1. The molecule has 4 aliphatic carbocycles. The van der Waals surface area contributed by atoms with Crippen LogP contribution in [0.5, 0.6) is 0 Å². The normalized spacial score (nSPS) is 44.2. The second-order valence-electron chi connectivity index (χ2n) is 10.7. The van der Waals surface area contributed by atoms with Crippen LogP contribution in [0.3, 0.4) is 0 Å². The van der Waals surface area contributed by atoms with Crippen molar-refractivity contribution in [1.82, 2.24) is 0 Å². The predicted molar refractivity (Wildman–Crippen MR) is 115 cm³/mol. The first-order valence-electron chi connectivity index (χ1n) is 11.8. The Bertz CT molecular complexity index is 722. The number of nitrogens with zero attached hydrogens (tertiary/aromatic N) is 1. The van der Waals surface area contributed by atoms with E-state index in [-0.39, 0.29) is 16.8 Å². The first kappa shape index (κ1) is 21.8. The molecule has 2 N–H and O–H groups in total. The van der Waals surface area contributed by atoms with Gasteiger partial charge >= 0.3 is 5.97 Å². The third-order valence-electron chi connectivity index (χ3n) is 9.30. The van der Waals surface area contributed by atoms with E-state index in [9.17, 15) is 9.59 Å². The van der Waals surface area contributed by atoms with E-state index >= 15 is 0 Å². The molecule has 4 aliphatic rings. The third kappa shape index (κ3) is 3.59. The van der Waals surface area contributed by atoms with E-state index in [0.717, 1.165) is 57.1 Å². The van der Waals surface area contributed by atoms with Crippen LogP contribution in [0.15, 0.2) is 5.16 Å². The molecule has 7 atom stereocenters. The average Bonchev–Trinajstić information content (AvgIpc) is 3.01. The Labute approximate surface area is 180 Å². The van der Waals surface area contributed by atoms with Crippen molar-refractivity contribution in [3.8, 4) is 0 Å². The monoisotopic (exact) mass is 418 g/mol. The Morgan fingerprint density at radius 2 is 1.97 bits per heavy atom. The van der Waals surface area contributed by atoms with Gasteiger partial charge < -0.3 is 15.3 Å². The number of carbonyl (C=O) groups is 2. The van der Waals surface area contributed by atoms with E-state index in [1.54, 1.807) is 0 Å². The van der Waals surface area contributed by atoms with Gasteiger partial charge in [0.1, 0.15) is 12.4 Å². The zero-order valence-electron chi connectivity index (χ0n) is 18.8. The highest BCUT2D eigenvalue weighted by atomic mass is 16.6. The summed E-state index contributed by atoms with van der Waals surface area (Å²) in [4.78, 5) is 29.7. The number of fused-ring (bicyclic) bond motifs is 5. The number of ketones is 1. The molecule has 4 saturated carbocycles. The van der Waals surface area contributed by atoms with Gasteiger partial charge in [0.15, 0.2) is 0 Å². The summed E-state index contributed by atoms with van der Waals surface area (Å²) in [7, 11) is 0. The van der Waals surface area contributed by atoms with Crippen LogP contribution in [0.4, 0.5) is 0 Å². The van der Waals surface area contributed by atoms with E-state index in [1.807, 2.05) is 0 Å². The van der Waals surface area contributed by atoms with Crippen LogP contribution in [0.1, 0.15) is 72.1 Å². The molecule has 0 bridgehead atoms. The first-order valence-corrected chi connectivity index (χ1v) is 11.8. The number of hydrogen-bond donors (Lipinski definition) is 1. The summed E-state index contributed by atoms with van der Waals surface area (Å²) >= 11 is 0. The van der Waals surface area contributed by atoms with Crippen LogP contribution in [0, 0.1) is 40.4 Å². The van der Waals surface area contributed by atoms with Crippen molar-refractivity contribution in [2.24, 2.45) is 51.3 Å². The summed E-state index contributed by atoms with van der Waals surface area (Å²) < 4.78 is 5.55. The van der Waals surface area contributed by atoms with Crippen molar-refractivity contribution >= 4 is 17.5 Å². The Morgan fingerprint density at radius 1 is 1.17 bits per heavy atom. The lowest BCUT2D eigenvalue weighted by Gasteiger charge is -2.61. The molecule has 4 rings (SSSR count). The van der Waals surface area contributed by atoms with Gasteiger partial charge in [-0.15, -0.1) is 0 Å². The van der Waals surface area contributed by atoms with Gasteiger partial charge in [-0.3, -0.25) is 9.59 Å². The fraction of sp³-hybridized carbons (Fsp3) is 0.875. The number of Topliss-reactive ketones (excluding diaryl/α,β-unsaturated/α-hetero) is 1. The summed E-state index contributed by atoms with van der Waals surface area (Å²) in [5.41, 5.74) is 6.72. The minimum Gasteiger partial charge on any atom is -0.466 e. The molecular weight excluding hydrogens is 380 g/mol. The molecule has 0 spiro atoms. The Morgan fingerprint density at radius 3 is 2.70 bits per heavy atom. The van der Waals surface area contributed by atoms with Gasteiger partial charge in [0, 0.05) is 25.3 Å². The summed E-state index contributed by atoms with van der Waals surface area (Å²) in [6, 6.07) is 0. The van der Waals surface area contributed by atoms with Crippen LogP contribution in [-0.4, -0.2) is 37.2 Å². The molecule has 4 fully saturated rings. The second kappa shape index (κ2) is 8.25. The molecule has 0 aromatic carbocycles. The maximum absolute atomic E-state index is 12.7. The predicted octanol–water partition coefficient (Wildman–Crippen LogP) is 3.72. The first-order chi connectivity index (χ1) is 14.3. The maximum Gasteiger partial charge on any atom is 0.302 e.